The minimum absolute atomic E-state index is 0.0973. The number of fused-ring (bicyclic) bond motifs is 1. The number of aromatic amines is 1. The van der Waals surface area contributed by atoms with Crippen LogP contribution < -0.4 is 0 Å². The highest BCUT2D eigenvalue weighted by Crippen LogP contribution is 2.31. The van der Waals surface area contributed by atoms with Gasteiger partial charge in [0, 0.05) is 11.6 Å². The van der Waals surface area contributed by atoms with Gasteiger partial charge in [-0.15, -0.1) is 0 Å². The van der Waals surface area contributed by atoms with E-state index in [0.717, 1.165) is 12.1 Å². The number of alkyl halides is 3. The topological polar surface area (TPSA) is 48.9 Å². The zero-order valence-corrected chi connectivity index (χ0v) is 10.1. The van der Waals surface area contributed by atoms with Gasteiger partial charge in [0.1, 0.15) is 11.6 Å². The van der Waals surface area contributed by atoms with Gasteiger partial charge in [-0.05, 0) is 24.3 Å². The van der Waals surface area contributed by atoms with Gasteiger partial charge in [-0.1, -0.05) is 12.1 Å². The van der Waals surface area contributed by atoms with Crippen molar-refractivity contribution in [2.45, 2.75) is 6.18 Å². The minimum atomic E-state index is -4.35. The molecule has 0 atom stereocenters. The maximum atomic E-state index is 12.5. The van der Waals surface area contributed by atoms with Crippen LogP contribution in [-0.2, 0) is 6.18 Å². The average Bonchev–Trinajstić information content (AvgIpc) is 2.80. The molecule has 0 aliphatic heterocycles. The average molecular weight is 278 g/mol. The monoisotopic (exact) mass is 278 g/mol. The summed E-state index contributed by atoms with van der Waals surface area (Å²) in [5.74, 6) is 0.555. The molecule has 0 aliphatic rings. The molecule has 1 heterocycles. The molecule has 0 aliphatic carbocycles. The van der Waals surface area contributed by atoms with Gasteiger partial charge in [0.15, 0.2) is 0 Å². The number of nitrogens with one attached hydrogen (secondary N) is 1. The molecular formula is C14H9F3N2O. The lowest BCUT2D eigenvalue weighted by molar-refractivity contribution is -0.137. The summed E-state index contributed by atoms with van der Waals surface area (Å²) in [7, 11) is 0. The molecule has 0 unspecified atom stereocenters. The van der Waals surface area contributed by atoms with Gasteiger partial charge in [0.25, 0.3) is 0 Å². The summed E-state index contributed by atoms with van der Waals surface area (Å²) >= 11 is 0. The van der Waals surface area contributed by atoms with E-state index >= 15 is 0 Å². The van der Waals surface area contributed by atoms with Crippen molar-refractivity contribution in [2.24, 2.45) is 0 Å². The van der Waals surface area contributed by atoms with Crippen LogP contribution in [0.3, 0.4) is 0 Å². The van der Waals surface area contributed by atoms with Gasteiger partial charge in [0.2, 0.25) is 0 Å². The van der Waals surface area contributed by atoms with Crippen LogP contribution in [0.25, 0.3) is 22.4 Å². The summed E-state index contributed by atoms with van der Waals surface area (Å²) < 4.78 is 37.4. The first-order chi connectivity index (χ1) is 9.43. The SMILES string of the molecule is Oc1ccc2nc(-c3ccc(C(F)(F)F)cc3)[nH]c2c1. The van der Waals surface area contributed by atoms with E-state index in [1.165, 1.54) is 24.3 Å². The Morgan fingerprint density at radius 2 is 1.70 bits per heavy atom. The Morgan fingerprint density at radius 1 is 1.00 bits per heavy atom. The molecular weight excluding hydrogens is 269 g/mol. The van der Waals surface area contributed by atoms with E-state index in [9.17, 15) is 18.3 Å². The molecule has 0 saturated carbocycles. The molecule has 20 heavy (non-hydrogen) atoms. The molecule has 102 valence electrons. The van der Waals surface area contributed by atoms with E-state index in [4.69, 9.17) is 0 Å². The number of halogens is 3. The van der Waals surface area contributed by atoms with Gasteiger partial charge in [-0.25, -0.2) is 4.98 Å². The van der Waals surface area contributed by atoms with Crippen LogP contribution in [-0.4, -0.2) is 15.1 Å². The summed E-state index contributed by atoms with van der Waals surface area (Å²) in [5, 5.41) is 9.36. The van der Waals surface area contributed by atoms with Gasteiger partial charge in [-0.2, -0.15) is 13.2 Å². The fourth-order valence-corrected chi connectivity index (χ4v) is 1.95. The molecule has 6 heteroatoms. The van der Waals surface area contributed by atoms with Crippen molar-refractivity contribution in [1.82, 2.24) is 9.97 Å². The van der Waals surface area contributed by atoms with Crippen molar-refractivity contribution < 1.29 is 18.3 Å². The lowest BCUT2D eigenvalue weighted by Gasteiger charge is -2.06. The van der Waals surface area contributed by atoms with Crippen molar-refractivity contribution >= 4 is 11.0 Å². The van der Waals surface area contributed by atoms with Crippen LogP contribution in [0, 0.1) is 0 Å². The van der Waals surface area contributed by atoms with Gasteiger partial charge in [0.05, 0.1) is 16.6 Å². The van der Waals surface area contributed by atoms with Crippen LogP contribution in [0.4, 0.5) is 13.2 Å². The smallest absolute Gasteiger partial charge is 0.416 e. The third kappa shape index (κ3) is 2.20. The van der Waals surface area contributed by atoms with Crippen molar-refractivity contribution in [3.8, 4) is 17.1 Å². The van der Waals surface area contributed by atoms with Crippen LogP contribution >= 0.6 is 0 Å². The molecule has 0 bridgehead atoms. The lowest BCUT2D eigenvalue weighted by atomic mass is 10.1. The Bertz CT molecular complexity index is 760. The second kappa shape index (κ2) is 4.26. The molecule has 3 rings (SSSR count). The van der Waals surface area contributed by atoms with Crippen molar-refractivity contribution in [3.63, 3.8) is 0 Å². The summed E-state index contributed by atoms with van der Waals surface area (Å²) in [6, 6.07) is 9.39. The van der Waals surface area contributed by atoms with Gasteiger partial charge in [-0.3, -0.25) is 0 Å². The fraction of sp³-hybridized carbons (Fsp3) is 0.0714. The second-order valence-corrected chi connectivity index (χ2v) is 4.36. The first-order valence-electron chi connectivity index (χ1n) is 5.80. The lowest BCUT2D eigenvalue weighted by Crippen LogP contribution is -2.04. The standard InChI is InChI=1S/C14H9F3N2O/c15-14(16,17)9-3-1-8(2-4-9)13-18-11-6-5-10(20)7-12(11)19-13/h1-7,20H,(H,18,19). The minimum Gasteiger partial charge on any atom is -0.508 e. The molecule has 0 amide bonds. The third-order valence-electron chi connectivity index (χ3n) is 2.95. The van der Waals surface area contributed by atoms with Crippen LogP contribution in [0.1, 0.15) is 5.56 Å². The van der Waals surface area contributed by atoms with Crippen LogP contribution in [0.15, 0.2) is 42.5 Å². The Labute approximate surface area is 111 Å². The van der Waals surface area contributed by atoms with Crippen LogP contribution in [0.5, 0.6) is 5.75 Å². The Morgan fingerprint density at radius 3 is 2.35 bits per heavy atom. The largest absolute Gasteiger partial charge is 0.508 e. The predicted octanol–water partition coefficient (Wildman–Crippen LogP) is 3.95. The number of rotatable bonds is 1. The first-order valence-corrected chi connectivity index (χ1v) is 5.80. The van der Waals surface area contributed by atoms with E-state index < -0.39 is 11.7 Å². The molecule has 2 aromatic carbocycles. The Balaban J connectivity index is 2.02. The Hall–Kier alpha value is -2.50. The number of benzene rings is 2. The highest BCUT2D eigenvalue weighted by atomic mass is 19.4. The maximum absolute atomic E-state index is 12.5. The van der Waals surface area contributed by atoms with Crippen molar-refractivity contribution in [3.05, 3.63) is 48.0 Å². The molecule has 2 N–H and O–H groups in total. The number of aromatic hydroxyl groups is 1. The first kappa shape index (κ1) is 12.5. The van der Waals surface area contributed by atoms with E-state index in [-0.39, 0.29) is 5.75 Å². The van der Waals surface area contributed by atoms with E-state index in [1.807, 2.05) is 0 Å². The zero-order chi connectivity index (χ0) is 14.3. The number of imidazole rings is 1. The predicted molar refractivity (Wildman–Crippen MR) is 68.2 cm³/mol. The number of hydrogen-bond donors (Lipinski definition) is 2. The summed E-state index contributed by atoms with van der Waals surface area (Å²) in [6.07, 6.45) is -4.35. The molecule has 3 aromatic rings. The summed E-state index contributed by atoms with van der Waals surface area (Å²) in [6.45, 7) is 0. The number of H-pyrrole nitrogens is 1. The van der Waals surface area contributed by atoms with E-state index in [1.54, 1.807) is 6.07 Å². The number of aromatic nitrogens is 2. The van der Waals surface area contributed by atoms with E-state index in [2.05, 4.69) is 9.97 Å². The second-order valence-electron chi connectivity index (χ2n) is 4.36. The van der Waals surface area contributed by atoms with Crippen molar-refractivity contribution in [2.75, 3.05) is 0 Å². The van der Waals surface area contributed by atoms with Gasteiger partial charge >= 0.3 is 6.18 Å². The number of phenols is 1. The zero-order valence-electron chi connectivity index (χ0n) is 10.1. The fourth-order valence-electron chi connectivity index (χ4n) is 1.95. The number of hydrogen-bond acceptors (Lipinski definition) is 2. The quantitative estimate of drug-likeness (QED) is 0.708. The van der Waals surface area contributed by atoms with E-state index in [0.29, 0.717) is 22.4 Å². The molecule has 0 spiro atoms. The maximum Gasteiger partial charge on any atom is 0.416 e. The number of nitrogens with zero attached hydrogens (tertiary/aromatic N) is 1. The van der Waals surface area contributed by atoms with Crippen molar-refractivity contribution in [1.29, 1.82) is 0 Å². The summed E-state index contributed by atoms with van der Waals surface area (Å²) in [5.41, 5.74) is 1.11. The number of phenolic OH excluding ortho intramolecular Hbond substituents is 1. The normalized spacial score (nSPS) is 11.9. The molecule has 0 fully saturated rings. The molecule has 1 aromatic heterocycles. The highest BCUT2D eigenvalue weighted by molar-refractivity contribution is 5.80. The molecule has 3 nitrogen and oxygen atoms in total. The molecule has 0 saturated heterocycles. The van der Waals surface area contributed by atoms with Crippen LogP contribution in [0.2, 0.25) is 0 Å². The third-order valence-corrected chi connectivity index (χ3v) is 2.95. The molecule has 0 radical (unpaired) electrons. The highest BCUT2D eigenvalue weighted by Gasteiger charge is 2.30. The Kier molecular flexibility index (Phi) is 2.67. The van der Waals surface area contributed by atoms with Gasteiger partial charge < -0.3 is 10.1 Å². The summed E-state index contributed by atoms with van der Waals surface area (Å²) in [4.78, 5) is 7.23.